The van der Waals surface area contributed by atoms with Crippen molar-refractivity contribution in [1.29, 1.82) is 0 Å². The van der Waals surface area contributed by atoms with Gasteiger partial charge in [-0.15, -0.1) is 0 Å². The van der Waals surface area contributed by atoms with Crippen LogP contribution in [0, 0.1) is 5.92 Å². The molecular formula is C15H23N2. The van der Waals surface area contributed by atoms with Gasteiger partial charge in [0.15, 0.2) is 0 Å². The number of nitrogen functional groups attached to an aromatic ring is 1. The first-order chi connectivity index (χ1) is 8.15. The molecule has 0 amide bonds. The van der Waals surface area contributed by atoms with E-state index in [0.717, 1.165) is 18.2 Å². The molecule has 0 unspecified atom stereocenters. The number of anilines is 1. The molecule has 1 fully saturated rings. The first kappa shape index (κ1) is 12.4. The Hall–Kier alpha value is -1.02. The Labute approximate surface area is 105 Å². The van der Waals surface area contributed by atoms with Gasteiger partial charge >= 0.3 is 0 Å². The highest BCUT2D eigenvalue weighted by Crippen LogP contribution is 2.28. The molecule has 2 N–H and O–H groups in total. The van der Waals surface area contributed by atoms with Gasteiger partial charge in [0.05, 0.1) is 0 Å². The third-order valence-corrected chi connectivity index (χ3v) is 3.54. The minimum Gasteiger partial charge on any atom is -0.399 e. The van der Waals surface area contributed by atoms with Crippen LogP contribution >= 0.6 is 0 Å². The van der Waals surface area contributed by atoms with Crippen LogP contribution in [-0.2, 0) is 0 Å². The van der Waals surface area contributed by atoms with E-state index in [0.29, 0.717) is 0 Å². The Morgan fingerprint density at radius 1 is 1.18 bits per heavy atom. The van der Waals surface area contributed by atoms with Gasteiger partial charge in [0.1, 0.15) is 0 Å². The van der Waals surface area contributed by atoms with Crippen LogP contribution in [-0.4, -0.2) is 24.5 Å². The van der Waals surface area contributed by atoms with Gasteiger partial charge in [-0.05, 0) is 55.5 Å². The molecule has 93 valence electrons. The number of hydrogen-bond acceptors (Lipinski definition) is 2. The SMILES string of the molecule is C[C](C)CN1CCC(c2ccc(N)cc2)CC1. The number of nitrogens with zero attached hydrogens (tertiary/aromatic N) is 1. The van der Waals surface area contributed by atoms with E-state index in [2.05, 4.69) is 30.9 Å². The molecule has 1 saturated heterocycles. The lowest BCUT2D eigenvalue weighted by Gasteiger charge is -2.33. The van der Waals surface area contributed by atoms with Crippen molar-refractivity contribution in [3.63, 3.8) is 0 Å². The Morgan fingerprint density at radius 2 is 1.76 bits per heavy atom. The van der Waals surface area contributed by atoms with Crippen molar-refractivity contribution >= 4 is 5.69 Å². The Morgan fingerprint density at radius 3 is 2.29 bits per heavy atom. The lowest BCUT2D eigenvalue weighted by atomic mass is 9.89. The number of nitrogens with two attached hydrogens (primary N) is 1. The summed E-state index contributed by atoms with van der Waals surface area (Å²) in [5.41, 5.74) is 8.04. The summed E-state index contributed by atoms with van der Waals surface area (Å²) in [4.78, 5) is 2.56. The lowest BCUT2D eigenvalue weighted by Crippen LogP contribution is -2.35. The molecule has 1 aliphatic rings. The van der Waals surface area contributed by atoms with Crippen molar-refractivity contribution in [3.8, 4) is 0 Å². The van der Waals surface area contributed by atoms with Crippen LogP contribution in [0.1, 0.15) is 38.2 Å². The molecule has 1 aromatic carbocycles. The third kappa shape index (κ3) is 3.47. The predicted octanol–water partition coefficient (Wildman–Crippen LogP) is 3.06. The second-order valence-corrected chi connectivity index (χ2v) is 5.42. The lowest BCUT2D eigenvalue weighted by molar-refractivity contribution is 0.220. The number of benzene rings is 1. The second-order valence-electron chi connectivity index (χ2n) is 5.42. The van der Waals surface area contributed by atoms with Gasteiger partial charge in [-0.2, -0.15) is 0 Å². The van der Waals surface area contributed by atoms with Crippen molar-refractivity contribution in [2.45, 2.75) is 32.6 Å². The van der Waals surface area contributed by atoms with E-state index in [-0.39, 0.29) is 0 Å². The highest BCUT2D eigenvalue weighted by molar-refractivity contribution is 5.40. The first-order valence-corrected chi connectivity index (χ1v) is 6.52. The van der Waals surface area contributed by atoms with E-state index >= 15 is 0 Å². The van der Waals surface area contributed by atoms with Crippen molar-refractivity contribution in [2.24, 2.45) is 0 Å². The van der Waals surface area contributed by atoms with E-state index < -0.39 is 0 Å². The molecule has 0 bridgehead atoms. The van der Waals surface area contributed by atoms with Crippen LogP contribution in [0.2, 0.25) is 0 Å². The number of rotatable bonds is 3. The van der Waals surface area contributed by atoms with E-state index in [1.54, 1.807) is 0 Å². The van der Waals surface area contributed by atoms with E-state index in [9.17, 15) is 0 Å². The summed E-state index contributed by atoms with van der Waals surface area (Å²) in [6.07, 6.45) is 2.55. The maximum atomic E-state index is 5.72. The Balaban J connectivity index is 1.88. The summed E-state index contributed by atoms with van der Waals surface area (Å²) >= 11 is 0. The molecule has 2 rings (SSSR count). The molecule has 0 atom stereocenters. The predicted molar refractivity (Wildman–Crippen MR) is 73.9 cm³/mol. The van der Waals surface area contributed by atoms with Gasteiger partial charge in [0, 0.05) is 12.2 Å². The average molecular weight is 231 g/mol. The quantitative estimate of drug-likeness (QED) is 0.810. The molecule has 0 aromatic heterocycles. The van der Waals surface area contributed by atoms with E-state index in [1.165, 1.54) is 37.4 Å². The maximum Gasteiger partial charge on any atom is 0.0314 e. The first-order valence-electron chi connectivity index (χ1n) is 6.52. The van der Waals surface area contributed by atoms with Crippen molar-refractivity contribution in [3.05, 3.63) is 35.7 Å². The number of piperidine rings is 1. The molecule has 1 radical (unpaired) electrons. The molecule has 0 spiro atoms. The zero-order chi connectivity index (χ0) is 12.3. The fourth-order valence-corrected chi connectivity index (χ4v) is 2.64. The van der Waals surface area contributed by atoms with Gasteiger partial charge < -0.3 is 10.6 Å². The monoisotopic (exact) mass is 231 g/mol. The topological polar surface area (TPSA) is 29.3 Å². The fourth-order valence-electron chi connectivity index (χ4n) is 2.64. The largest absolute Gasteiger partial charge is 0.399 e. The summed E-state index contributed by atoms with van der Waals surface area (Å²) in [5, 5.41) is 0. The highest BCUT2D eigenvalue weighted by atomic mass is 15.1. The molecule has 2 heteroatoms. The summed E-state index contributed by atoms with van der Waals surface area (Å²) in [6.45, 7) is 8.03. The summed E-state index contributed by atoms with van der Waals surface area (Å²) in [7, 11) is 0. The van der Waals surface area contributed by atoms with E-state index in [4.69, 9.17) is 5.73 Å². The summed E-state index contributed by atoms with van der Waals surface area (Å²) in [6, 6.07) is 8.41. The van der Waals surface area contributed by atoms with Crippen LogP contribution < -0.4 is 5.73 Å². The van der Waals surface area contributed by atoms with Crippen LogP contribution in [0.15, 0.2) is 24.3 Å². The molecule has 17 heavy (non-hydrogen) atoms. The van der Waals surface area contributed by atoms with Gasteiger partial charge in [-0.1, -0.05) is 26.0 Å². The minimum absolute atomic E-state index is 0.726. The van der Waals surface area contributed by atoms with Crippen LogP contribution in [0.25, 0.3) is 0 Å². The molecule has 2 nitrogen and oxygen atoms in total. The third-order valence-electron chi connectivity index (χ3n) is 3.54. The Bertz CT molecular complexity index is 334. The van der Waals surface area contributed by atoms with Gasteiger partial charge in [0.25, 0.3) is 0 Å². The minimum atomic E-state index is 0.726. The molecular weight excluding hydrogens is 208 g/mol. The van der Waals surface area contributed by atoms with Crippen LogP contribution in [0.3, 0.4) is 0 Å². The highest BCUT2D eigenvalue weighted by Gasteiger charge is 2.20. The Kier molecular flexibility index (Phi) is 4.06. The van der Waals surface area contributed by atoms with Crippen molar-refractivity contribution in [1.82, 2.24) is 4.90 Å². The second kappa shape index (κ2) is 5.54. The zero-order valence-electron chi connectivity index (χ0n) is 10.9. The zero-order valence-corrected chi connectivity index (χ0v) is 10.9. The normalized spacial score (nSPS) is 18.8. The molecule has 1 aliphatic heterocycles. The summed E-state index contributed by atoms with van der Waals surface area (Å²) in [5.74, 6) is 2.24. The molecule has 1 aromatic rings. The van der Waals surface area contributed by atoms with Gasteiger partial charge in [-0.3, -0.25) is 0 Å². The number of hydrogen-bond donors (Lipinski definition) is 1. The maximum absolute atomic E-state index is 5.72. The van der Waals surface area contributed by atoms with Crippen LogP contribution in [0.4, 0.5) is 5.69 Å². The van der Waals surface area contributed by atoms with Crippen LogP contribution in [0.5, 0.6) is 0 Å². The van der Waals surface area contributed by atoms with E-state index in [1.807, 2.05) is 12.1 Å². The number of likely N-dealkylation sites (tertiary alicyclic amines) is 1. The van der Waals surface area contributed by atoms with Gasteiger partial charge in [0.2, 0.25) is 0 Å². The van der Waals surface area contributed by atoms with Gasteiger partial charge in [-0.25, -0.2) is 0 Å². The molecule has 1 heterocycles. The summed E-state index contributed by atoms with van der Waals surface area (Å²) < 4.78 is 0. The standard InChI is InChI=1S/C15H23N2/c1-12(2)11-17-9-7-14(8-10-17)13-3-5-15(16)6-4-13/h3-6,14H,7-11,16H2,1-2H3. The molecule has 0 aliphatic carbocycles. The smallest absolute Gasteiger partial charge is 0.0314 e. The average Bonchev–Trinajstić information content (AvgIpc) is 2.30. The van der Waals surface area contributed by atoms with Crippen molar-refractivity contribution in [2.75, 3.05) is 25.4 Å². The fraction of sp³-hybridized carbons (Fsp3) is 0.533. The van der Waals surface area contributed by atoms with Crippen molar-refractivity contribution < 1.29 is 0 Å². The molecule has 0 saturated carbocycles.